The smallest absolute Gasteiger partial charge is 0.229 e. The lowest BCUT2D eigenvalue weighted by Crippen LogP contribution is -2.29. The molecular formula is C14H21N3O3. The van der Waals surface area contributed by atoms with Crippen LogP contribution in [-0.2, 0) is 16.0 Å². The average Bonchev–Trinajstić information content (AvgIpc) is 3.02. The minimum absolute atomic E-state index is 0.182. The monoisotopic (exact) mass is 279 g/mol. The van der Waals surface area contributed by atoms with Gasteiger partial charge in [-0.2, -0.15) is 4.98 Å². The largest absolute Gasteiger partial charge is 0.384 e. The van der Waals surface area contributed by atoms with E-state index < -0.39 is 0 Å². The van der Waals surface area contributed by atoms with E-state index in [1.165, 1.54) is 12.8 Å². The molecule has 1 aromatic heterocycles. The summed E-state index contributed by atoms with van der Waals surface area (Å²) in [6, 6.07) is 0. The first-order chi connectivity index (χ1) is 9.76. The number of carbonyl (C=O) groups is 1. The number of hydrogen-bond acceptors (Lipinski definition) is 5. The quantitative estimate of drug-likeness (QED) is 0.786. The molecule has 6 nitrogen and oxygen atoms in total. The Morgan fingerprint density at radius 3 is 3.05 bits per heavy atom. The Balaban J connectivity index is 1.48. The predicted octanol–water partition coefficient (Wildman–Crippen LogP) is 1.37. The second-order valence-electron chi connectivity index (χ2n) is 5.76. The molecule has 0 radical (unpaired) electrons. The SMILES string of the molecule is COCCC(=O)N1CCC(Cc2noc(C3CC3)n2)C1. The molecule has 110 valence electrons. The predicted molar refractivity (Wildman–Crippen MR) is 71.2 cm³/mol. The third-order valence-corrected chi connectivity index (χ3v) is 4.04. The average molecular weight is 279 g/mol. The maximum atomic E-state index is 11.9. The highest BCUT2D eigenvalue weighted by molar-refractivity contribution is 5.76. The minimum atomic E-state index is 0.182. The molecule has 2 heterocycles. The van der Waals surface area contributed by atoms with E-state index in [9.17, 15) is 4.79 Å². The van der Waals surface area contributed by atoms with Crippen molar-refractivity contribution in [2.24, 2.45) is 5.92 Å². The summed E-state index contributed by atoms with van der Waals surface area (Å²) in [4.78, 5) is 18.3. The summed E-state index contributed by atoms with van der Waals surface area (Å²) < 4.78 is 10.2. The number of likely N-dealkylation sites (tertiary alicyclic amines) is 1. The van der Waals surface area contributed by atoms with E-state index in [1.54, 1.807) is 7.11 Å². The molecule has 1 saturated carbocycles. The van der Waals surface area contributed by atoms with Gasteiger partial charge in [-0.05, 0) is 25.2 Å². The number of nitrogens with zero attached hydrogens (tertiary/aromatic N) is 3. The molecule has 1 atom stereocenters. The first kappa shape index (κ1) is 13.5. The molecule has 0 N–H and O–H groups in total. The van der Waals surface area contributed by atoms with Crippen molar-refractivity contribution in [3.63, 3.8) is 0 Å². The van der Waals surface area contributed by atoms with Crippen LogP contribution in [-0.4, -0.2) is 47.8 Å². The van der Waals surface area contributed by atoms with Crippen molar-refractivity contribution < 1.29 is 14.1 Å². The number of methoxy groups -OCH3 is 1. The van der Waals surface area contributed by atoms with Gasteiger partial charge in [-0.3, -0.25) is 4.79 Å². The van der Waals surface area contributed by atoms with Gasteiger partial charge >= 0.3 is 0 Å². The van der Waals surface area contributed by atoms with E-state index in [4.69, 9.17) is 9.26 Å². The summed E-state index contributed by atoms with van der Waals surface area (Å²) in [5, 5.41) is 4.05. The van der Waals surface area contributed by atoms with Gasteiger partial charge in [0.25, 0.3) is 0 Å². The van der Waals surface area contributed by atoms with Crippen molar-refractivity contribution in [1.82, 2.24) is 15.0 Å². The molecule has 1 aliphatic heterocycles. The van der Waals surface area contributed by atoms with Crippen LogP contribution < -0.4 is 0 Å². The van der Waals surface area contributed by atoms with E-state index in [1.807, 2.05) is 4.90 Å². The highest BCUT2D eigenvalue weighted by Crippen LogP contribution is 2.39. The summed E-state index contributed by atoms with van der Waals surface area (Å²) in [6.45, 7) is 2.13. The molecule has 3 rings (SSSR count). The van der Waals surface area contributed by atoms with Crippen LogP contribution in [0, 0.1) is 5.92 Å². The van der Waals surface area contributed by atoms with Crippen LogP contribution in [0.25, 0.3) is 0 Å². The molecule has 1 unspecified atom stereocenters. The molecule has 1 aromatic rings. The summed E-state index contributed by atoms with van der Waals surface area (Å²) >= 11 is 0. The Bertz CT molecular complexity index is 470. The summed E-state index contributed by atoms with van der Waals surface area (Å²) in [6.07, 6.45) is 4.65. The second-order valence-corrected chi connectivity index (χ2v) is 5.76. The van der Waals surface area contributed by atoms with Gasteiger partial charge in [-0.15, -0.1) is 0 Å². The van der Waals surface area contributed by atoms with E-state index in [2.05, 4.69) is 10.1 Å². The van der Waals surface area contributed by atoms with Gasteiger partial charge in [0.2, 0.25) is 11.8 Å². The van der Waals surface area contributed by atoms with E-state index in [0.717, 1.165) is 37.6 Å². The zero-order valence-corrected chi connectivity index (χ0v) is 11.9. The Kier molecular flexibility index (Phi) is 4.00. The number of rotatable bonds is 6. The van der Waals surface area contributed by atoms with Crippen LogP contribution in [0.15, 0.2) is 4.52 Å². The fourth-order valence-electron chi connectivity index (χ4n) is 2.68. The van der Waals surface area contributed by atoms with Gasteiger partial charge in [0.1, 0.15) is 0 Å². The van der Waals surface area contributed by atoms with Crippen molar-refractivity contribution in [3.05, 3.63) is 11.7 Å². The van der Waals surface area contributed by atoms with Gasteiger partial charge in [0.15, 0.2) is 5.82 Å². The summed E-state index contributed by atoms with van der Waals surface area (Å²) in [5.41, 5.74) is 0. The van der Waals surface area contributed by atoms with E-state index >= 15 is 0 Å². The number of aromatic nitrogens is 2. The summed E-state index contributed by atoms with van der Waals surface area (Å²) in [7, 11) is 1.62. The summed E-state index contributed by atoms with van der Waals surface area (Å²) in [5.74, 6) is 2.73. The molecule has 1 amide bonds. The molecule has 0 aromatic carbocycles. The Morgan fingerprint density at radius 2 is 2.30 bits per heavy atom. The fourth-order valence-corrected chi connectivity index (χ4v) is 2.68. The van der Waals surface area contributed by atoms with Crippen LogP contribution in [0.3, 0.4) is 0 Å². The highest BCUT2D eigenvalue weighted by Gasteiger charge is 2.31. The van der Waals surface area contributed by atoms with Gasteiger partial charge in [-0.25, -0.2) is 0 Å². The minimum Gasteiger partial charge on any atom is -0.384 e. The first-order valence-electron chi connectivity index (χ1n) is 7.35. The van der Waals surface area contributed by atoms with Crippen molar-refractivity contribution in [2.45, 2.75) is 38.0 Å². The maximum absolute atomic E-state index is 11.9. The van der Waals surface area contributed by atoms with Gasteiger partial charge < -0.3 is 14.2 Å². The Labute approximate surface area is 118 Å². The van der Waals surface area contributed by atoms with Gasteiger partial charge in [0.05, 0.1) is 13.0 Å². The highest BCUT2D eigenvalue weighted by atomic mass is 16.5. The zero-order valence-electron chi connectivity index (χ0n) is 11.9. The van der Waals surface area contributed by atoms with E-state index in [0.29, 0.717) is 24.9 Å². The molecule has 2 fully saturated rings. The molecular weight excluding hydrogens is 258 g/mol. The number of ether oxygens (including phenoxy) is 1. The second kappa shape index (κ2) is 5.91. The van der Waals surface area contributed by atoms with Crippen molar-refractivity contribution in [1.29, 1.82) is 0 Å². The van der Waals surface area contributed by atoms with Gasteiger partial charge in [0, 0.05) is 32.5 Å². The van der Waals surface area contributed by atoms with Crippen LogP contribution >= 0.6 is 0 Å². The normalized spacial score (nSPS) is 22.4. The Morgan fingerprint density at radius 1 is 1.45 bits per heavy atom. The molecule has 0 bridgehead atoms. The molecule has 1 saturated heterocycles. The van der Waals surface area contributed by atoms with E-state index in [-0.39, 0.29) is 5.91 Å². The Hall–Kier alpha value is -1.43. The number of hydrogen-bond donors (Lipinski definition) is 0. The molecule has 2 aliphatic rings. The lowest BCUT2D eigenvalue weighted by Gasteiger charge is -2.15. The topological polar surface area (TPSA) is 68.5 Å². The fraction of sp³-hybridized carbons (Fsp3) is 0.786. The lowest BCUT2D eigenvalue weighted by atomic mass is 10.1. The molecule has 1 aliphatic carbocycles. The van der Waals surface area contributed by atoms with Crippen molar-refractivity contribution in [3.8, 4) is 0 Å². The first-order valence-corrected chi connectivity index (χ1v) is 7.35. The molecule has 0 spiro atoms. The lowest BCUT2D eigenvalue weighted by molar-refractivity contribution is -0.131. The molecule has 6 heteroatoms. The van der Waals surface area contributed by atoms with Crippen molar-refractivity contribution >= 4 is 5.91 Å². The van der Waals surface area contributed by atoms with Crippen LogP contribution in [0.5, 0.6) is 0 Å². The third kappa shape index (κ3) is 3.17. The standard InChI is InChI=1S/C14H21N3O3/c1-19-7-5-13(18)17-6-4-10(9-17)8-12-15-14(20-16-12)11-2-3-11/h10-11H,2-9H2,1H3. The van der Waals surface area contributed by atoms with Crippen LogP contribution in [0.4, 0.5) is 0 Å². The van der Waals surface area contributed by atoms with Gasteiger partial charge in [-0.1, -0.05) is 5.16 Å². The van der Waals surface area contributed by atoms with Crippen molar-refractivity contribution in [2.75, 3.05) is 26.8 Å². The number of carbonyl (C=O) groups excluding carboxylic acids is 1. The zero-order chi connectivity index (χ0) is 13.9. The van der Waals surface area contributed by atoms with Crippen LogP contribution in [0.1, 0.15) is 43.3 Å². The molecule has 20 heavy (non-hydrogen) atoms. The van der Waals surface area contributed by atoms with Crippen LogP contribution in [0.2, 0.25) is 0 Å². The third-order valence-electron chi connectivity index (χ3n) is 4.04. The number of amides is 1. The maximum Gasteiger partial charge on any atom is 0.229 e.